The van der Waals surface area contributed by atoms with Gasteiger partial charge in [0.1, 0.15) is 6.29 Å². The van der Waals surface area contributed by atoms with Gasteiger partial charge in [0, 0.05) is 0 Å². The zero-order valence-corrected chi connectivity index (χ0v) is 5.32. The van der Waals surface area contributed by atoms with Crippen LogP contribution in [0.2, 0.25) is 0 Å². The van der Waals surface area contributed by atoms with Crippen LogP contribution in [0.5, 0.6) is 0 Å². The molecular weight excluding hydrogens is 110 g/mol. The summed E-state index contributed by atoms with van der Waals surface area (Å²) in [5.74, 6) is 0. The van der Waals surface area contributed by atoms with E-state index in [-0.39, 0.29) is 11.4 Å². The van der Waals surface area contributed by atoms with Gasteiger partial charge in [-0.2, -0.15) is 12.6 Å². The molecular formula is C4H11NOS. The highest BCUT2D eigenvalue weighted by molar-refractivity contribution is 7.81. The predicted molar refractivity (Wildman–Crippen MR) is 34.2 cm³/mol. The van der Waals surface area contributed by atoms with Crippen LogP contribution in [0.1, 0.15) is 13.3 Å². The van der Waals surface area contributed by atoms with E-state index in [1.807, 2.05) is 6.92 Å². The number of rotatable bonds is 2. The molecule has 0 spiro atoms. The Balaban J connectivity index is 0. The van der Waals surface area contributed by atoms with Gasteiger partial charge in [0.05, 0.1) is 5.25 Å². The van der Waals surface area contributed by atoms with E-state index in [0.29, 0.717) is 0 Å². The Bertz CT molecular complexity index is 49.0. The quantitative estimate of drug-likeness (QED) is 0.424. The molecule has 1 atom stereocenters. The maximum Gasteiger partial charge on any atom is 0.132 e. The third-order valence-electron chi connectivity index (χ3n) is 0.575. The first-order valence-electron chi connectivity index (χ1n) is 1.94. The van der Waals surface area contributed by atoms with Gasteiger partial charge in [-0.15, -0.1) is 0 Å². The van der Waals surface area contributed by atoms with Crippen molar-refractivity contribution < 1.29 is 4.79 Å². The molecule has 0 saturated carbocycles. The molecule has 0 aromatic rings. The maximum absolute atomic E-state index is 9.66. The van der Waals surface area contributed by atoms with Crippen molar-refractivity contribution in [3.05, 3.63) is 0 Å². The molecule has 3 heteroatoms. The summed E-state index contributed by atoms with van der Waals surface area (Å²) in [6.07, 6.45) is 1.66. The lowest BCUT2D eigenvalue weighted by Gasteiger charge is -1.88. The molecule has 0 aromatic heterocycles. The van der Waals surface area contributed by atoms with E-state index in [2.05, 4.69) is 12.6 Å². The topological polar surface area (TPSA) is 52.1 Å². The molecule has 0 aliphatic carbocycles. The molecule has 44 valence electrons. The number of hydrogen-bond donors (Lipinski definition) is 2. The lowest BCUT2D eigenvalue weighted by atomic mass is 10.4. The number of hydrogen-bond acceptors (Lipinski definition) is 3. The van der Waals surface area contributed by atoms with E-state index < -0.39 is 0 Å². The van der Waals surface area contributed by atoms with Crippen molar-refractivity contribution in [3.63, 3.8) is 0 Å². The van der Waals surface area contributed by atoms with E-state index in [0.717, 1.165) is 12.7 Å². The fourth-order valence-electron chi connectivity index (χ4n) is 0.0962. The van der Waals surface area contributed by atoms with Crippen LogP contribution in [-0.2, 0) is 4.79 Å². The molecule has 7 heavy (non-hydrogen) atoms. The monoisotopic (exact) mass is 121 g/mol. The number of carbonyl (C=O) groups excluding carboxylic acids is 1. The highest BCUT2D eigenvalue weighted by atomic mass is 32.1. The second-order valence-electron chi connectivity index (χ2n) is 1.11. The third kappa shape index (κ3) is 5.98. The maximum atomic E-state index is 9.66. The van der Waals surface area contributed by atoms with Crippen molar-refractivity contribution in [2.75, 3.05) is 0 Å². The zero-order valence-electron chi connectivity index (χ0n) is 4.42. The first kappa shape index (κ1) is 10.1. The lowest BCUT2D eigenvalue weighted by molar-refractivity contribution is -0.107. The molecule has 0 amide bonds. The summed E-state index contributed by atoms with van der Waals surface area (Å²) >= 11 is 3.86. The molecule has 0 fully saturated rings. The van der Waals surface area contributed by atoms with Crippen LogP contribution in [0, 0.1) is 0 Å². The largest absolute Gasteiger partial charge is 0.344 e. The Labute approximate surface area is 49.3 Å². The van der Waals surface area contributed by atoms with Crippen molar-refractivity contribution in [1.82, 2.24) is 6.15 Å². The fourth-order valence-corrected chi connectivity index (χ4v) is 0.0962. The molecule has 0 aliphatic heterocycles. The van der Waals surface area contributed by atoms with E-state index in [9.17, 15) is 4.79 Å². The Kier molecular flexibility index (Phi) is 8.60. The van der Waals surface area contributed by atoms with Gasteiger partial charge in [0.2, 0.25) is 0 Å². The fraction of sp³-hybridized carbons (Fsp3) is 0.750. The van der Waals surface area contributed by atoms with Crippen molar-refractivity contribution in [3.8, 4) is 0 Å². The Morgan fingerprint density at radius 1 is 1.86 bits per heavy atom. The molecule has 0 bridgehead atoms. The van der Waals surface area contributed by atoms with Gasteiger partial charge in [-0.1, -0.05) is 6.92 Å². The molecule has 3 N–H and O–H groups in total. The Hall–Kier alpha value is -0.0200. The van der Waals surface area contributed by atoms with Crippen LogP contribution in [0.25, 0.3) is 0 Å². The van der Waals surface area contributed by atoms with Crippen LogP contribution >= 0.6 is 12.6 Å². The smallest absolute Gasteiger partial charge is 0.132 e. The highest BCUT2D eigenvalue weighted by Gasteiger charge is 1.90. The predicted octanol–water partition coefficient (Wildman–Crippen LogP) is 1.06. The lowest BCUT2D eigenvalue weighted by Crippen LogP contribution is -1.94. The average molecular weight is 121 g/mol. The SMILES string of the molecule is CCC(S)C=O.N. The standard InChI is InChI=1S/C4H8OS.H3N/c1-2-4(6)3-5;/h3-4,6H,2H2,1H3;1H3. The van der Waals surface area contributed by atoms with Gasteiger partial charge >= 0.3 is 0 Å². The van der Waals surface area contributed by atoms with E-state index in [1.165, 1.54) is 0 Å². The van der Waals surface area contributed by atoms with Gasteiger partial charge in [-0.3, -0.25) is 0 Å². The van der Waals surface area contributed by atoms with Gasteiger partial charge in [-0.25, -0.2) is 0 Å². The molecule has 0 heterocycles. The van der Waals surface area contributed by atoms with Crippen molar-refractivity contribution in [2.24, 2.45) is 0 Å². The summed E-state index contributed by atoms with van der Waals surface area (Å²) in [4.78, 5) is 9.66. The van der Waals surface area contributed by atoms with Crippen LogP contribution < -0.4 is 6.15 Å². The number of carbonyl (C=O) groups is 1. The summed E-state index contributed by atoms with van der Waals surface area (Å²) in [7, 11) is 0. The van der Waals surface area contributed by atoms with Crippen molar-refractivity contribution in [2.45, 2.75) is 18.6 Å². The van der Waals surface area contributed by atoms with E-state index >= 15 is 0 Å². The van der Waals surface area contributed by atoms with Crippen LogP contribution in [0.3, 0.4) is 0 Å². The molecule has 0 rings (SSSR count). The minimum atomic E-state index is -0.0509. The first-order chi connectivity index (χ1) is 2.81. The van der Waals surface area contributed by atoms with E-state index in [4.69, 9.17) is 0 Å². The molecule has 0 saturated heterocycles. The third-order valence-corrected chi connectivity index (χ3v) is 1.06. The second kappa shape index (κ2) is 5.98. The first-order valence-corrected chi connectivity index (χ1v) is 2.46. The highest BCUT2D eigenvalue weighted by Crippen LogP contribution is 1.92. The van der Waals surface area contributed by atoms with Gasteiger partial charge in [0.25, 0.3) is 0 Å². The number of thiol groups is 1. The summed E-state index contributed by atoms with van der Waals surface area (Å²) in [5, 5.41) is -0.0509. The normalized spacial score (nSPS) is 11.7. The molecule has 0 radical (unpaired) electrons. The van der Waals surface area contributed by atoms with Crippen LogP contribution in [0.15, 0.2) is 0 Å². The second-order valence-corrected chi connectivity index (χ2v) is 1.77. The summed E-state index contributed by atoms with van der Waals surface area (Å²) in [6.45, 7) is 1.92. The van der Waals surface area contributed by atoms with Crippen molar-refractivity contribution in [1.29, 1.82) is 0 Å². The molecule has 2 nitrogen and oxygen atoms in total. The van der Waals surface area contributed by atoms with Crippen LogP contribution in [0.4, 0.5) is 0 Å². The Morgan fingerprint density at radius 3 is 2.29 bits per heavy atom. The van der Waals surface area contributed by atoms with Gasteiger partial charge < -0.3 is 10.9 Å². The number of aldehydes is 1. The van der Waals surface area contributed by atoms with Gasteiger partial charge in [-0.05, 0) is 6.42 Å². The van der Waals surface area contributed by atoms with E-state index in [1.54, 1.807) is 0 Å². The molecule has 1 unspecified atom stereocenters. The summed E-state index contributed by atoms with van der Waals surface area (Å²) in [6, 6.07) is 0. The minimum Gasteiger partial charge on any atom is -0.344 e. The molecule has 0 aliphatic rings. The Morgan fingerprint density at radius 2 is 2.29 bits per heavy atom. The zero-order chi connectivity index (χ0) is 4.99. The van der Waals surface area contributed by atoms with Crippen LogP contribution in [-0.4, -0.2) is 11.5 Å². The summed E-state index contributed by atoms with van der Waals surface area (Å²) < 4.78 is 0. The van der Waals surface area contributed by atoms with Crippen molar-refractivity contribution >= 4 is 18.9 Å². The average Bonchev–Trinajstić information content (AvgIpc) is 1.65. The van der Waals surface area contributed by atoms with Gasteiger partial charge in [0.15, 0.2) is 0 Å². The molecule has 0 aromatic carbocycles. The minimum absolute atomic E-state index is 0. The summed E-state index contributed by atoms with van der Waals surface area (Å²) in [5.41, 5.74) is 0.